The third kappa shape index (κ3) is 2.95. The molecule has 2 amide bonds. The van der Waals surface area contributed by atoms with Crippen molar-refractivity contribution in [2.45, 2.75) is 0 Å². The number of para-hydroxylation sites is 2. The van der Waals surface area contributed by atoms with Crippen LogP contribution in [-0.2, 0) is 4.79 Å². The van der Waals surface area contributed by atoms with Crippen molar-refractivity contribution in [1.29, 1.82) is 0 Å². The van der Waals surface area contributed by atoms with Gasteiger partial charge in [-0.15, -0.1) is 5.10 Å². The van der Waals surface area contributed by atoms with E-state index in [0.29, 0.717) is 24.5 Å². The number of fused-ring (bicyclic) bond motifs is 2. The number of hydrogen-bond acceptors (Lipinski definition) is 5. The van der Waals surface area contributed by atoms with Crippen LogP contribution in [0.15, 0.2) is 54.7 Å². The van der Waals surface area contributed by atoms with E-state index in [1.54, 1.807) is 11.1 Å². The zero-order chi connectivity index (χ0) is 17.9. The minimum atomic E-state index is -0.316. The average molecular weight is 348 g/mol. The normalized spacial score (nSPS) is 13.2. The Hall–Kier alpha value is -3.48. The first-order valence-corrected chi connectivity index (χ1v) is 8.25. The van der Waals surface area contributed by atoms with Crippen molar-refractivity contribution in [3.8, 4) is 5.75 Å². The summed E-state index contributed by atoms with van der Waals surface area (Å²) in [5.74, 6) is 0.213. The number of benzene rings is 2. The first-order chi connectivity index (χ1) is 12.7. The van der Waals surface area contributed by atoms with E-state index in [0.717, 1.165) is 10.8 Å². The zero-order valence-corrected chi connectivity index (χ0v) is 13.9. The predicted octanol–water partition coefficient (Wildman–Crippen LogP) is 1.79. The van der Waals surface area contributed by atoms with Crippen molar-refractivity contribution in [2.24, 2.45) is 0 Å². The Morgan fingerprint density at radius 2 is 1.96 bits per heavy atom. The maximum atomic E-state index is 12.5. The van der Waals surface area contributed by atoms with Gasteiger partial charge in [0.1, 0.15) is 5.75 Å². The molecule has 0 saturated heterocycles. The average Bonchev–Trinajstić information content (AvgIpc) is 2.69. The molecular weight excluding hydrogens is 332 g/mol. The van der Waals surface area contributed by atoms with Crippen LogP contribution in [0, 0.1) is 0 Å². The molecule has 2 heterocycles. The molecule has 7 nitrogen and oxygen atoms in total. The van der Waals surface area contributed by atoms with Gasteiger partial charge in [0, 0.05) is 23.9 Å². The Balaban J connectivity index is 1.46. The van der Waals surface area contributed by atoms with Gasteiger partial charge < -0.3 is 15.0 Å². The van der Waals surface area contributed by atoms with Gasteiger partial charge in [-0.05, 0) is 12.1 Å². The summed E-state index contributed by atoms with van der Waals surface area (Å²) in [4.78, 5) is 26.2. The smallest absolute Gasteiger partial charge is 0.272 e. The van der Waals surface area contributed by atoms with E-state index in [1.807, 2.05) is 48.5 Å². The highest BCUT2D eigenvalue weighted by atomic mass is 16.5. The van der Waals surface area contributed by atoms with E-state index in [4.69, 9.17) is 4.74 Å². The molecule has 0 radical (unpaired) electrons. The molecule has 3 aromatic rings. The van der Waals surface area contributed by atoms with Crippen molar-refractivity contribution in [3.63, 3.8) is 0 Å². The maximum Gasteiger partial charge on any atom is 0.272 e. The lowest BCUT2D eigenvalue weighted by atomic mass is 10.1. The van der Waals surface area contributed by atoms with E-state index in [-0.39, 0.29) is 24.1 Å². The van der Waals surface area contributed by atoms with Gasteiger partial charge in [0.15, 0.2) is 12.3 Å². The summed E-state index contributed by atoms with van der Waals surface area (Å²) in [5, 5.41) is 12.3. The molecule has 1 aliphatic rings. The van der Waals surface area contributed by atoms with Gasteiger partial charge in [-0.2, -0.15) is 5.10 Å². The SMILES string of the molecule is O=C(NCCN1C(=O)COc2ccccc21)c1nncc2ccccc12. The number of carbonyl (C=O) groups excluding carboxylic acids is 2. The number of aromatic nitrogens is 2. The van der Waals surface area contributed by atoms with Gasteiger partial charge in [0.2, 0.25) is 0 Å². The van der Waals surface area contributed by atoms with Crippen molar-refractivity contribution in [2.75, 3.05) is 24.6 Å². The van der Waals surface area contributed by atoms with Gasteiger partial charge in [0.25, 0.3) is 11.8 Å². The fraction of sp³-hybridized carbons (Fsp3) is 0.158. The third-order valence-electron chi connectivity index (χ3n) is 4.21. The molecule has 1 aromatic heterocycles. The van der Waals surface area contributed by atoms with Crippen molar-refractivity contribution in [3.05, 3.63) is 60.4 Å². The van der Waals surface area contributed by atoms with Crippen molar-refractivity contribution < 1.29 is 14.3 Å². The summed E-state index contributed by atoms with van der Waals surface area (Å²) in [6, 6.07) is 14.8. The molecule has 0 aliphatic carbocycles. The number of carbonyl (C=O) groups is 2. The lowest BCUT2D eigenvalue weighted by Gasteiger charge is -2.29. The minimum Gasteiger partial charge on any atom is -0.482 e. The fourth-order valence-electron chi connectivity index (χ4n) is 2.96. The van der Waals surface area contributed by atoms with Gasteiger partial charge in [-0.3, -0.25) is 9.59 Å². The highest BCUT2D eigenvalue weighted by Gasteiger charge is 2.24. The second kappa shape index (κ2) is 6.79. The molecule has 4 rings (SSSR count). The van der Waals surface area contributed by atoms with Crippen LogP contribution < -0.4 is 15.0 Å². The number of anilines is 1. The quantitative estimate of drug-likeness (QED) is 0.777. The topological polar surface area (TPSA) is 84.4 Å². The Morgan fingerprint density at radius 1 is 1.15 bits per heavy atom. The number of amides is 2. The molecule has 130 valence electrons. The largest absolute Gasteiger partial charge is 0.482 e. The van der Waals surface area contributed by atoms with Gasteiger partial charge in [-0.1, -0.05) is 36.4 Å². The first-order valence-electron chi connectivity index (χ1n) is 8.25. The van der Waals surface area contributed by atoms with Crippen LogP contribution in [0.1, 0.15) is 10.5 Å². The van der Waals surface area contributed by atoms with Crippen LogP contribution in [0.5, 0.6) is 5.75 Å². The molecule has 2 aromatic carbocycles. The first kappa shape index (κ1) is 16.0. The van der Waals surface area contributed by atoms with Crippen molar-refractivity contribution >= 4 is 28.3 Å². The third-order valence-corrected chi connectivity index (χ3v) is 4.21. The van der Waals surface area contributed by atoms with Crippen LogP contribution in [0.2, 0.25) is 0 Å². The lowest BCUT2D eigenvalue weighted by Crippen LogP contribution is -2.43. The molecule has 1 aliphatic heterocycles. The number of nitrogens with zero attached hydrogens (tertiary/aromatic N) is 3. The summed E-state index contributed by atoms with van der Waals surface area (Å²) >= 11 is 0. The summed E-state index contributed by atoms with van der Waals surface area (Å²) in [6.45, 7) is 0.646. The second-order valence-corrected chi connectivity index (χ2v) is 5.84. The fourth-order valence-corrected chi connectivity index (χ4v) is 2.96. The molecule has 1 N–H and O–H groups in total. The Bertz CT molecular complexity index is 984. The van der Waals surface area contributed by atoms with E-state index in [9.17, 15) is 9.59 Å². The van der Waals surface area contributed by atoms with Crippen LogP contribution in [-0.4, -0.2) is 41.7 Å². The lowest BCUT2D eigenvalue weighted by molar-refractivity contribution is -0.121. The number of hydrogen-bond donors (Lipinski definition) is 1. The standard InChI is InChI=1S/C19H16N4O3/c24-17-12-26-16-8-4-3-7-15(16)23(17)10-9-20-19(25)18-14-6-2-1-5-13(14)11-21-22-18/h1-8,11H,9-10,12H2,(H,20,25). The molecule has 0 atom stereocenters. The summed E-state index contributed by atoms with van der Waals surface area (Å²) in [7, 11) is 0. The molecule has 0 unspecified atom stereocenters. The Kier molecular flexibility index (Phi) is 4.18. The predicted molar refractivity (Wildman–Crippen MR) is 96.2 cm³/mol. The maximum absolute atomic E-state index is 12.5. The van der Waals surface area contributed by atoms with Crippen LogP contribution >= 0.6 is 0 Å². The molecule has 0 saturated carbocycles. The molecule has 26 heavy (non-hydrogen) atoms. The summed E-state index contributed by atoms with van der Waals surface area (Å²) in [5.41, 5.74) is 0.986. The van der Waals surface area contributed by atoms with Crippen molar-refractivity contribution in [1.82, 2.24) is 15.5 Å². The van der Waals surface area contributed by atoms with Crippen LogP contribution in [0.4, 0.5) is 5.69 Å². The molecule has 0 spiro atoms. The van der Waals surface area contributed by atoms with Gasteiger partial charge >= 0.3 is 0 Å². The Morgan fingerprint density at radius 3 is 2.88 bits per heavy atom. The van der Waals surface area contributed by atoms with Crippen LogP contribution in [0.3, 0.4) is 0 Å². The Labute approximate surface area is 149 Å². The monoisotopic (exact) mass is 348 g/mol. The highest BCUT2D eigenvalue weighted by molar-refractivity contribution is 6.04. The van der Waals surface area contributed by atoms with E-state index in [1.165, 1.54) is 0 Å². The molecule has 0 fully saturated rings. The summed E-state index contributed by atoms with van der Waals surface area (Å²) in [6.07, 6.45) is 1.62. The number of ether oxygens (including phenoxy) is 1. The zero-order valence-electron chi connectivity index (χ0n) is 13.9. The number of nitrogens with one attached hydrogen (secondary N) is 1. The molecule has 0 bridgehead atoms. The van der Waals surface area contributed by atoms with Gasteiger partial charge in [0.05, 0.1) is 11.9 Å². The molecular formula is C19H16N4O3. The number of rotatable bonds is 4. The van der Waals surface area contributed by atoms with E-state index >= 15 is 0 Å². The second-order valence-electron chi connectivity index (χ2n) is 5.84. The van der Waals surface area contributed by atoms with E-state index < -0.39 is 0 Å². The highest BCUT2D eigenvalue weighted by Crippen LogP contribution is 2.30. The van der Waals surface area contributed by atoms with Crippen LogP contribution in [0.25, 0.3) is 10.8 Å². The van der Waals surface area contributed by atoms with E-state index in [2.05, 4.69) is 15.5 Å². The summed E-state index contributed by atoms with van der Waals surface area (Å²) < 4.78 is 5.41. The minimum absolute atomic E-state index is 0.000240. The molecule has 7 heteroatoms. The van der Waals surface area contributed by atoms with Gasteiger partial charge in [-0.25, -0.2) is 0 Å².